The summed E-state index contributed by atoms with van der Waals surface area (Å²) in [6.45, 7) is 0. The summed E-state index contributed by atoms with van der Waals surface area (Å²) < 4.78 is 5.18. The van der Waals surface area contributed by atoms with E-state index >= 15 is 0 Å². The van der Waals surface area contributed by atoms with Gasteiger partial charge in [-0.3, -0.25) is 4.79 Å². The van der Waals surface area contributed by atoms with Crippen LogP contribution in [0.4, 0.5) is 4.79 Å². The van der Waals surface area contributed by atoms with E-state index in [1.165, 1.54) is 7.11 Å². The molecule has 3 aromatic carbocycles. The first-order valence-corrected chi connectivity index (χ1v) is 11.5. The van der Waals surface area contributed by atoms with Gasteiger partial charge < -0.3 is 25.6 Å². The number of aromatic hydroxyl groups is 2. The van der Waals surface area contributed by atoms with Gasteiger partial charge in [0, 0.05) is 17.7 Å². The topological polar surface area (TPSA) is 108 Å². The van der Waals surface area contributed by atoms with Gasteiger partial charge in [0.2, 0.25) is 0 Å². The number of phenols is 2. The molecule has 1 unspecified atom stereocenters. The SMILES string of the molecule is COc1cc(CCC(=O)C2=C(CCc3ccc(O)cc3)NC(=O)NC2c2ccccc2)ccc1O. The fourth-order valence-corrected chi connectivity index (χ4v) is 4.24. The van der Waals surface area contributed by atoms with Crippen molar-refractivity contribution in [1.29, 1.82) is 0 Å². The first kappa shape index (κ1) is 23.9. The lowest BCUT2D eigenvalue weighted by Gasteiger charge is -2.30. The van der Waals surface area contributed by atoms with Crippen molar-refractivity contribution in [2.75, 3.05) is 7.11 Å². The van der Waals surface area contributed by atoms with Crippen LogP contribution >= 0.6 is 0 Å². The Hall–Kier alpha value is -4.26. The maximum Gasteiger partial charge on any atom is 0.319 e. The van der Waals surface area contributed by atoms with E-state index < -0.39 is 6.04 Å². The van der Waals surface area contributed by atoms with Gasteiger partial charge in [-0.1, -0.05) is 48.5 Å². The number of carbonyl (C=O) groups is 2. The minimum atomic E-state index is -0.554. The number of phenolic OH excluding ortho intramolecular Hbond substituents is 2. The average Bonchev–Trinajstić information content (AvgIpc) is 2.87. The number of ketones is 1. The molecule has 0 bridgehead atoms. The smallest absolute Gasteiger partial charge is 0.319 e. The van der Waals surface area contributed by atoms with Crippen molar-refractivity contribution in [1.82, 2.24) is 10.6 Å². The third kappa shape index (κ3) is 5.81. The van der Waals surface area contributed by atoms with Crippen molar-refractivity contribution >= 4 is 11.8 Å². The van der Waals surface area contributed by atoms with Crippen LogP contribution in [0.1, 0.15) is 35.6 Å². The molecule has 0 saturated heterocycles. The fourth-order valence-electron chi connectivity index (χ4n) is 4.24. The Morgan fingerprint density at radius 2 is 1.63 bits per heavy atom. The van der Waals surface area contributed by atoms with Crippen LogP contribution in [-0.2, 0) is 17.6 Å². The van der Waals surface area contributed by atoms with E-state index in [0.717, 1.165) is 16.7 Å². The molecular formula is C28H28N2O5. The first-order chi connectivity index (χ1) is 16.9. The molecule has 1 heterocycles. The molecule has 180 valence electrons. The van der Waals surface area contributed by atoms with Crippen molar-refractivity contribution in [3.63, 3.8) is 0 Å². The second kappa shape index (κ2) is 10.8. The standard InChI is InChI=1S/C28H28N2O5/c1-35-25-17-19(10-15-23(25)32)11-16-24(33)26-22(14-9-18-7-12-21(31)13-8-18)29-28(34)30-27(26)20-5-3-2-4-6-20/h2-8,10,12-13,15,17,27,31-32H,9,11,14,16H2,1H3,(H2,29,30,34). The molecule has 0 spiro atoms. The van der Waals surface area contributed by atoms with Gasteiger partial charge in [0.1, 0.15) is 5.75 Å². The predicted molar refractivity (Wildman–Crippen MR) is 132 cm³/mol. The van der Waals surface area contributed by atoms with Gasteiger partial charge in [-0.25, -0.2) is 4.79 Å². The van der Waals surface area contributed by atoms with Gasteiger partial charge in [0.05, 0.1) is 13.2 Å². The number of hydrogen-bond acceptors (Lipinski definition) is 5. The van der Waals surface area contributed by atoms with Crippen molar-refractivity contribution in [3.8, 4) is 17.2 Å². The summed E-state index contributed by atoms with van der Waals surface area (Å²) in [5.41, 5.74) is 3.83. The highest BCUT2D eigenvalue weighted by Gasteiger charge is 2.32. The van der Waals surface area contributed by atoms with Gasteiger partial charge in [-0.05, 0) is 60.2 Å². The number of rotatable bonds is 9. The molecule has 0 aliphatic carbocycles. The molecule has 2 amide bonds. The molecule has 0 radical (unpaired) electrons. The highest BCUT2D eigenvalue weighted by molar-refractivity contribution is 6.00. The molecule has 1 aliphatic rings. The van der Waals surface area contributed by atoms with Crippen LogP contribution in [0.3, 0.4) is 0 Å². The molecule has 3 aromatic rings. The van der Waals surface area contributed by atoms with Crippen LogP contribution in [0, 0.1) is 0 Å². The Morgan fingerprint density at radius 3 is 2.34 bits per heavy atom. The number of carbonyl (C=O) groups excluding carboxylic acids is 2. The van der Waals surface area contributed by atoms with Gasteiger partial charge in [-0.15, -0.1) is 0 Å². The molecule has 0 aromatic heterocycles. The van der Waals surface area contributed by atoms with Gasteiger partial charge in [0.25, 0.3) is 0 Å². The predicted octanol–water partition coefficient (Wildman–Crippen LogP) is 4.55. The number of benzene rings is 3. The number of Topliss-reactive ketones (excluding diaryl/α,β-unsaturated/α-hetero) is 1. The molecule has 1 aliphatic heterocycles. The number of amides is 2. The third-order valence-corrected chi connectivity index (χ3v) is 6.07. The molecule has 0 saturated carbocycles. The molecule has 7 heteroatoms. The van der Waals surface area contributed by atoms with E-state index in [0.29, 0.717) is 36.3 Å². The molecule has 35 heavy (non-hydrogen) atoms. The van der Waals surface area contributed by atoms with E-state index in [1.807, 2.05) is 42.5 Å². The highest BCUT2D eigenvalue weighted by atomic mass is 16.5. The van der Waals surface area contributed by atoms with Crippen LogP contribution in [0.5, 0.6) is 17.2 Å². The summed E-state index contributed by atoms with van der Waals surface area (Å²) in [5.74, 6) is 0.524. The van der Waals surface area contributed by atoms with Gasteiger partial charge >= 0.3 is 6.03 Å². The second-order valence-corrected chi connectivity index (χ2v) is 8.43. The van der Waals surface area contributed by atoms with Crippen molar-refractivity contribution in [3.05, 3.63) is 101 Å². The zero-order chi connectivity index (χ0) is 24.8. The number of nitrogens with one attached hydrogen (secondary N) is 2. The highest BCUT2D eigenvalue weighted by Crippen LogP contribution is 2.31. The van der Waals surface area contributed by atoms with E-state index in [1.54, 1.807) is 30.3 Å². The molecule has 7 nitrogen and oxygen atoms in total. The Balaban J connectivity index is 1.62. The van der Waals surface area contributed by atoms with E-state index in [2.05, 4.69) is 10.6 Å². The average molecular weight is 473 g/mol. The van der Waals surface area contributed by atoms with Gasteiger partial charge in [-0.2, -0.15) is 0 Å². The Labute approximate surface area is 204 Å². The lowest BCUT2D eigenvalue weighted by atomic mass is 9.88. The maximum absolute atomic E-state index is 13.6. The molecule has 4 rings (SSSR count). The van der Waals surface area contributed by atoms with Crippen LogP contribution in [0.15, 0.2) is 84.1 Å². The quantitative estimate of drug-likeness (QED) is 0.366. The first-order valence-electron chi connectivity index (χ1n) is 11.5. The lowest BCUT2D eigenvalue weighted by molar-refractivity contribution is -0.116. The summed E-state index contributed by atoms with van der Waals surface area (Å²) in [6.07, 6.45) is 1.76. The number of urea groups is 1. The van der Waals surface area contributed by atoms with Crippen LogP contribution in [-0.4, -0.2) is 29.1 Å². The van der Waals surface area contributed by atoms with E-state index in [-0.39, 0.29) is 29.7 Å². The fraction of sp³-hybridized carbons (Fsp3) is 0.214. The van der Waals surface area contributed by atoms with Crippen LogP contribution < -0.4 is 15.4 Å². The Bertz CT molecular complexity index is 1240. The number of ether oxygens (including phenoxy) is 1. The number of aryl methyl sites for hydroxylation is 2. The maximum atomic E-state index is 13.6. The molecule has 0 fully saturated rings. The monoisotopic (exact) mass is 472 g/mol. The van der Waals surface area contributed by atoms with Crippen LogP contribution in [0.25, 0.3) is 0 Å². The van der Waals surface area contributed by atoms with Crippen molar-refractivity contribution < 1.29 is 24.5 Å². The van der Waals surface area contributed by atoms with Crippen molar-refractivity contribution in [2.45, 2.75) is 31.7 Å². The largest absolute Gasteiger partial charge is 0.508 e. The summed E-state index contributed by atoms with van der Waals surface area (Å²) >= 11 is 0. The summed E-state index contributed by atoms with van der Waals surface area (Å²) in [5, 5.41) is 25.2. The summed E-state index contributed by atoms with van der Waals surface area (Å²) in [7, 11) is 1.48. The van der Waals surface area contributed by atoms with E-state index in [9.17, 15) is 19.8 Å². The Morgan fingerprint density at radius 1 is 0.914 bits per heavy atom. The summed E-state index contributed by atoms with van der Waals surface area (Å²) in [4.78, 5) is 26.1. The molecule has 4 N–H and O–H groups in total. The van der Waals surface area contributed by atoms with Gasteiger partial charge in [0.15, 0.2) is 17.3 Å². The number of methoxy groups -OCH3 is 1. The number of allylic oxidation sites excluding steroid dienone is 1. The Kier molecular flexibility index (Phi) is 7.35. The third-order valence-electron chi connectivity index (χ3n) is 6.07. The lowest BCUT2D eigenvalue weighted by Crippen LogP contribution is -2.45. The zero-order valence-electron chi connectivity index (χ0n) is 19.5. The zero-order valence-corrected chi connectivity index (χ0v) is 19.5. The molecule has 1 atom stereocenters. The second-order valence-electron chi connectivity index (χ2n) is 8.43. The van der Waals surface area contributed by atoms with Crippen molar-refractivity contribution in [2.24, 2.45) is 0 Å². The molecular weight excluding hydrogens is 444 g/mol. The normalized spacial score (nSPS) is 15.3. The van der Waals surface area contributed by atoms with Crippen LogP contribution in [0.2, 0.25) is 0 Å². The number of hydrogen-bond donors (Lipinski definition) is 4. The minimum absolute atomic E-state index is 0.0464. The minimum Gasteiger partial charge on any atom is -0.508 e. The van der Waals surface area contributed by atoms with E-state index in [4.69, 9.17) is 4.74 Å². The summed E-state index contributed by atoms with van der Waals surface area (Å²) in [6, 6.07) is 20.5.